The van der Waals surface area contributed by atoms with Crippen LogP contribution in [0.1, 0.15) is 36.1 Å². The maximum atomic E-state index is 14.5. The molecule has 0 heterocycles. The lowest BCUT2D eigenvalue weighted by molar-refractivity contribution is -0.139. The number of anilines is 1. The fraction of sp³-hybridized carbons (Fsp3) is 0.310. The van der Waals surface area contributed by atoms with Crippen LogP contribution in [0.15, 0.2) is 71.6 Å². The molecule has 1 atom stereocenters. The summed E-state index contributed by atoms with van der Waals surface area (Å²) in [6.07, 6.45) is 0. The van der Waals surface area contributed by atoms with E-state index in [2.05, 4.69) is 5.32 Å². The molecule has 0 bridgehead atoms. The highest BCUT2D eigenvalue weighted by molar-refractivity contribution is 7.92. The minimum Gasteiger partial charge on any atom is -0.355 e. The molecule has 7 nitrogen and oxygen atoms in total. The van der Waals surface area contributed by atoms with E-state index in [4.69, 9.17) is 0 Å². The first-order chi connectivity index (χ1) is 18.0. The number of hydrogen-bond donors (Lipinski definition) is 1. The van der Waals surface area contributed by atoms with Crippen LogP contribution in [-0.2, 0) is 26.2 Å². The van der Waals surface area contributed by atoms with Crippen molar-refractivity contribution in [1.29, 1.82) is 0 Å². The molecule has 0 unspecified atom stereocenters. The topological polar surface area (TPSA) is 86.8 Å². The molecule has 9 heteroatoms. The number of likely N-dealkylation sites (N-methyl/N-ethyl adjacent to an activating group) is 1. The van der Waals surface area contributed by atoms with E-state index in [1.807, 2.05) is 19.9 Å². The lowest BCUT2D eigenvalue weighted by atomic mass is 10.1. The van der Waals surface area contributed by atoms with Gasteiger partial charge in [0.2, 0.25) is 11.8 Å². The molecule has 0 radical (unpaired) electrons. The zero-order chi connectivity index (χ0) is 28.0. The van der Waals surface area contributed by atoms with Gasteiger partial charge in [-0.2, -0.15) is 0 Å². The average Bonchev–Trinajstić information content (AvgIpc) is 2.88. The molecule has 38 heavy (non-hydrogen) atoms. The van der Waals surface area contributed by atoms with E-state index in [0.717, 1.165) is 15.4 Å². The molecule has 1 N–H and O–H groups in total. The molecule has 0 saturated heterocycles. The number of amides is 2. The van der Waals surface area contributed by atoms with Crippen LogP contribution in [0.4, 0.5) is 10.1 Å². The second kappa shape index (κ2) is 12.2. The van der Waals surface area contributed by atoms with Gasteiger partial charge in [0.05, 0.1) is 10.6 Å². The molecular weight excluding hydrogens is 505 g/mol. The van der Waals surface area contributed by atoms with Gasteiger partial charge in [0.15, 0.2) is 0 Å². The normalized spacial score (nSPS) is 12.1. The summed E-state index contributed by atoms with van der Waals surface area (Å²) in [5.74, 6) is -1.58. The molecule has 2 amide bonds. The number of carbonyl (C=O) groups is 2. The number of carbonyl (C=O) groups excluding carboxylic acids is 2. The third-order valence-electron chi connectivity index (χ3n) is 6.55. The van der Waals surface area contributed by atoms with Crippen molar-refractivity contribution in [3.63, 3.8) is 0 Å². The Morgan fingerprint density at radius 3 is 2.24 bits per heavy atom. The van der Waals surface area contributed by atoms with Crippen molar-refractivity contribution >= 4 is 27.5 Å². The molecule has 0 aliphatic carbocycles. The van der Waals surface area contributed by atoms with Crippen LogP contribution >= 0.6 is 0 Å². The third-order valence-corrected chi connectivity index (χ3v) is 8.32. The minimum atomic E-state index is -4.16. The van der Waals surface area contributed by atoms with Gasteiger partial charge in [-0.05, 0) is 70.0 Å². The van der Waals surface area contributed by atoms with Gasteiger partial charge in [0.1, 0.15) is 18.4 Å². The molecular formula is C29H34FN3O4S. The average molecular weight is 540 g/mol. The summed E-state index contributed by atoms with van der Waals surface area (Å²) >= 11 is 0. The van der Waals surface area contributed by atoms with E-state index < -0.39 is 40.2 Å². The second-order valence-corrected chi connectivity index (χ2v) is 11.1. The van der Waals surface area contributed by atoms with E-state index in [1.165, 1.54) is 35.2 Å². The van der Waals surface area contributed by atoms with Crippen molar-refractivity contribution in [2.45, 2.75) is 52.1 Å². The Hall–Kier alpha value is -3.72. The Labute approximate surface area is 224 Å². The van der Waals surface area contributed by atoms with Gasteiger partial charge in [-0.15, -0.1) is 0 Å². The maximum Gasteiger partial charge on any atom is 0.264 e. The third kappa shape index (κ3) is 6.39. The van der Waals surface area contributed by atoms with Crippen LogP contribution in [0.3, 0.4) is 0 Å². The zero-order valence-electron chi connectivity index (χ0n) is 22.4. The van der Waals surface area contributed by atoms with E-state index in [9.17, 15) is 22.4 Å². The van der Waals surface area contributed by atoms with Crippen LogP contribution in [0, 0.1) is 26.6 Å². The molecule has 0 aliphatic rings. The van der Waals surface area contributed by atoms with Crippen molar-refractivity contribution < 1.29 is 22.4 Å². The van der Waals surface area contributed by atoms with Gasteiger partial charge in [-0.3, -0.25) is 13.9 Å². The molecule has 0 fully saturated rings. The predicted molar refractivity (Wildman–Crippen MR) is 147 cm³/mol. The number of rotatable bonds is 10. The number of benzene rings is 3. The first kappa shape index (κ1) is 28.8. The molecule has 202 valence electrons. The maximum absolute atomic E-state index is 14.5. The van der Waals surface area contributed by atoms with E-state index >= 15 is 0 Å². The van der Waals surface area contributed by atoms with Crippen molar-refractivity contribution in [3.05, 3.63) is 94.8 Å². The molecule has 0 aromatic heterocycles. The summed E-state index contributed by atoms with van der Waals surface area (Å²) in [5, 5.41) is 2.69. The standard InChI is InChI=1S/C29H34FN3O4S/c1-6-31-29(35)23(5)32(18-24-11-7-8-12-26(24)30)28(34)19-33(27-13-9-10-21(3)22(27)4)38(36,37)25-16-14-20(2)15-17-25/h7-17,23H,6,18-19H2,1-5H3,(H,31,35)/t23-/m0/s1. The van der Waals surface area contributed by atoms with Crippen molar-refractivity contribution in [3.8, 4) is 0 Å². The summed E-state index contributed by atoms with van der Waals surface area (Å²) in [4.78, 5) is 27.8. The molecule has 0 spiro atoms. The molecule has 0 aliphatic heterocycles. The predicted octanol–water partition coefficient (Wildman–Crippen LogP) is 4.50. The van der Waals surface area contributed by atoms with E-state index in [1.54, 1.807) is 51.1 Å². The smallest absolute Gasteiger partial charge is 0.264 e. The van der Waals surface area contributed by atoms with Crippen molar-refractivity contribution in [2.75, 3.05) is 17.4 Å². The van der Waals surface area contributed by atoms with Crippen LogP contribution in [-0.4, -0.2) is 44.3 Å². The Bertz CT molecular complexity index is 1410. The quantitative estimate of drug-likeness (QED) is 0.411. The highest BCUT2D eigenvalue weighted by Gasteiger charge is 2.33. The van der Waals surface area contributed by atoms with Crippen LogP contribution in [0.2, 0.25) is 0 Å². The van der Waals surface area contributed by atoms with E-state index in [-0.39, 0.29) is 17.0 Å². The van der Waals surface area contributed by atoms with Crippen LogP contribution in [0.5, 0.6) is 0 Å². The number of hydrogen-bond acceptors (Lipinski definition) is 4. The highest BCUT2D eigenvalue weighted by atomic mass is 32.2. The van der Waals surface area contributed by atoms with Gasteiger partial charge in [0, 0.05) is 18.7 Å². The SMILES string of the molecule is CCNC(=O)[C@H](C)N(Cc1ccccc1F)C(=O)CN(c1cccc(C)c1C)S(=O)(=O)c1ccc(C)cc1. The molecule has 0 saturated carbocycles. The van der Waals surface area contributed by atoms with Crippen molar-refractivity contribution in [1.82, 2.24) is 10.2 Å². The van der Waals surface area contributed by atoms with Gasteiger partial charge >= 0.3 is 0 Å². The molecule has 3 aromatic carbocycles. The van der Waals surface area contributed by atoms with Gasteiger partial charge in [-0.1, -0.05) is 48.0 Å². The number of sulfonamides is 1. The fourth-order valence-corrected chi connectivity index (χ4v) is 5.54. The monoisotopic (exact) mass is 539 g/mol. The Morgan fingerprint density at radius 1 is 0.947 bits per heavy atom. The van der Waals surface area contributed by atoms with Crippen LogP contribution < -0.4 is 9.62 Å². The largest absolute Gasteiger partial charge is 0.355 e. The first-order valence-corrected chi connectivity index (χ1v) is 13.9. The molecule has 3 aromatic rings. The van der Waals surface area contributed by atoms with Crippen LogP contribution in [0.25, 0.3) is 0 Å². The lowest BCUT2D eigenvalue weighted by Crippen LogP contribution is -2.51. The summed E-state index contributed by atoms with van der Waals surface area (Å²) in [5.41, 5.74) is 3.03. The minimum absolute atomic E-state index is 0.0363. The number of nitrogens with zero attached hydrogens (tertiary/aromatic N) is 2. The summed E-state index contributed by atoms with van der Waals surface area (Å²) < 4.78 is 43.4. The van der Waals surface area contributed by atoms with Gasteiger partial charge < -0.3 is 10.2 Å². The number of aryl methyl sites for hydroxylation is 2. The Kier molecular flexibility index (Phi) is 9.27. The van der Waals surface area contributed by atoms with Crippen molar-refractivity contribution in [2.24, 2.45) is 0 Å². The first-order valence-electron chi connectivity index (χ1n) is 12.4. The number of halogens is 1. The highest BCUT2D eigenvalue weighted by Crippen LogP contribution is 2.29. The van der Waals surface area contributed by atoms with Gasteiger partial charge in [-0.25, -0.2) is 12.8 Å². The summed E-state index contributed by atoms with van der Waals surface area (Å²) in [6.45, 7) is 8.38. The van der Waals surface area contributed by atoms with Gasteiger partial charge in [0.25, 0.3) is 10.0 Å². The van der Waals surface area contributed by atoms with E-state index in [0.29, 0.717) is 17.8 Å². The number of nitrogens with one attached hydrogen (secondary N) is 1. The lowest BCUT2D eigenvalue weighted by Gasteiger charge is -2.32. The zero-order valence-corrected chi connectivity index (χ0v) is 23.2. The Balaban J connectivity index is 2.09. The summed E-state index contributed by atoms with van der Waals surface area (Å²) in [7, 11) is -4.16. The Morgan fingerprint density at radius 2 is 1.61 bits per heavy atom. The fourth-order valence-electron chi connectivity index (χ4n) is 4.07. The second-order valence-electron chi connectivity index (χ2n) is 9.23. The summed E-state index contributed by atoms with van der Waals surface area (Å²) in [6, 6.07) is 16.6. The molecule has 3 rings (SSSR count).